The lowest BCUT2D eigenvalue weighted by Crippen LogP contribution is -2.71. The van der Waals surface area contributed by atoms with Gasteiger partial charge in [0.2, 0.25) is 11.6 Å². The normalized spacial score (nSPS) is 25.2. The molecule has 2 aromatic heterocycles. The first kappa shape index (κ1) is 39.0. The maximum absolute atomic E-state index is 17.8. The molecule has 1 amide bonds. The number of methoxy groups -OCH3 is 1. The highest BCUT2D eigenvalue weighted by molar-refractivity contribution is 6.02. The fourth-order valence-electron chi connectivity index (χ4n) is 10.4. The maximum Gasteiger partial charge on any atom is 0.415 e. The molecule has 58 heavy (non-hydrogen) atoms. The molecule has 3 atom stereocenters. The Morgan fingerprint density at radius 3 is 2.47 bits per heavy atom. The van der Waals surface area contributed by atoms with Crippen molar-refractivity contribution in [3.63, 3.8) is 0 Å². The fourth-order valence-corrected chi connectivity index (χ4v) is 10.4. The first-order valence-corrected chi connectivity index (χ1v) is 20.5. The Bertz CT molecular complexity index is 2300. The van der Waals surface area contributed by atoms with Gasteiger partial charge in [0.1, 0.15) is 40.8 Å². The molecule has 7 heterocycles. The summed E-state index contributed by atoms with van der Waals surface area (Å²) in [5.74, 6) is -5.69. The number of pyridine rings is 1. The number of rotatable bonds is 8. The molecule has 2 aromatic carbocycles. The second-order valence-electron chi connectivity index (χ2n) is 17.6. The van der Waals surface area contributed by atoms with Crippen molar-refractivity contribution < 1.29 is 41.3 Å². The van der Waals surface area contributed by atoms with Gasteiger partial charge in [0.15, 0.2) is 12.6 Å². The number of fused-ring (bicyclic) bond motifs is 7. The SMILES string of the molecule is CCc1c(F)ccc2cc(OCOC)cc(-c3nc4c5c(nc(OCC67CCCN6CCC7)nc5c3F)N3C[C@@]5(F)CC[C@@](F)([C@H]3CCC4)N5C(=O)OC(C)(C)C)c12. The molecule has 0 saturated carbocycles. The van der Waals surface area contributed by atoms with E-state index in [1.54, 1.807) is 43.9 Å². The summed E-state index contributed by atoms with van der Waals surface area (Å²) in [6.07, 6.45) is 3.53. The Hall–Kier alpha value is -4.50. The van der Waals surface area contributed by atoms with Crippen LogP contribution in [-0.4, -0.2) is 99.8 Å². The Kier molecular flexibility index (Phi) is 9.45. The van der Waals surface area contributed by atoms with E-state index in [4.69, 9.17) is 33.9 Å². The minimum atomic E-state index is -2.45. The molecular formula is C43H50F4N6O5. The largest absolute Gasteiger partial charge is 0.468 e. The number of ether oxygens (including phenoxy) is 4. The van der Waals surface area contributed by atoms with Crippen LogP contribution in [0.25, 0.3) is 32.9 Å². The molecule has 15 heteroatoms. The number of piperazine rings is 1. The highest BCUT2D eigenvalue weighted by Gasteiger charge is 2.69. The zero-order valence-electron chi connectivity index (χ0n) is 33.7. The van der Waals surface area contributed by atoms with Crippen LogP contribution in [-0.2, 0) is 22.3 Å². The number of aromatic nitrogens is 3. The van der Waals surface area contributed by atoms with Gasteiger partial charge in [-0.3, -0.25) is 4.90 Å². The number of amides is 1. The van der Waals surface area contributed by atoms with Crippen LogP contribution in [0.15, 0.2) is 24.3 Å². The second kappa shape index (κ2) is 14.1. The summed E-state index contributed by atoms with van der Waals surface area (Å²) in [5.41, 5.74) is -0.257. The van der Waals surface area contributed by atoms with Crippen molar-refractivity contribution in [2.75, 3.05) is 45.0 Å². The van der Waals surface area contributed by atoms with Crippen LogP contribution in [0, 0.1) is 11.6 Å². The number of hydrogen-bond donors (Lipinski definition) is 0. The van der Waals surface area contributed by atoms with E-state index in [1.165, 1.54) is 13.2 Å². The summed E-state index contributed by atoms with van der Waals surface area (Å²) in [4.78, 5) is 32.8. The predicted molar refractivity (Wildman–Crippen MR) is 209 cm³/mol. The lowest BCUT2D eigenvalue weighted by molar-refractivity contribution is -0.133. The molecule has 4 saturated heterocycles. The summed E-state index contributed by atoms with van der Waals surface area (Å²) in [6.45, 7) is 8.48. The number of halogens is 4. The van der Waals surface area contributed by atoms with Crippen molar-refractivity contribution in [2.24, 2.45) is 0 Å². The molecule has 0 spiro atoms. The fraction of sp³-hybridized carbons (Fsp3) is 0.581. The molecule has 0 unspecified atom stereocenters. The third kappa shape index (κ3) is 6.20. The number of aryl methyl sites for hydroxylation is 2. The highest BCUT2D eigenvalue weighted by Crippen LogP contribution is 2.55. The molecule has 2 bridgehead atoms. The van der Waals surface area contributed by atoms with E-state index < -0.39 is 47.5 Å². The molecule has 0 aliphatic carbocycles. The number of nitrogens with zero attached hydrogens (tertiary/aromatic N) is 6. The number of hydrogen-bond acceptors (Lipinski definition) is 10. The van der Waals surface area contributed by atoms with Gasteiger partial charge in [-0.2, -0.15) is 9.97 Å². The van der Waals surface area contributed by atoms with Crippen LogP contribution in [0.1, 0.15) is 90.3 Å². The molecule has 11 nitrogen and oxygen atoms in total. The van der Waals surface area contributed by atoms with Crippen LogP contribution in [0.2, 0.25) is 0 Å². The van der Waals surface area contributed by atoms with Gasteiger partial charge < -0.3 is 23.8 Å². The minimum absolute atomic E-state index is 0.0708. The van der Waals surface area contributed by atoms with Crippen LogP contribution in [0.4, 0.5) is 28.2 Å². The van der Waals surface area contributed by atoms with Gasteiger partial charge in [0, 0.05) is 25.5 Å². The van der Waals surface area contributed by atoms with Crippen molar-refractivity contribution in [1.82, 2.24) is 24.8 Å². The lowest BCUT2D eigenvalue weighted by atomic mass is 9.90. The number of anilines is 1. The van der Waals surface area contributed by atoms with Gasteiger partial charge in [0.05, 0.1) is 29.2 Å². The van der Waals surface area contributed by atoms with Crippen LogP contribution >= 0.6 is 0 Å². The number of benzene rings is 2. The van der Waals surface area contributed by atoms with E-state index in [9.17, 15) is 4.79 Å². The smallest absolute Gasteiger partial charge is 0.415 e. The summed E-state index contributed by atoms with van der Waals surface area (Å²) >= 11 is 0. The summed E-state index contributed by atoms with van der Waals surface area (Å²) in [7, 11) is 1.49. The third-order valence-electron chi connectivity index (χ3n) is 12.9. The van der Waals surface area contributed by atoms with Gasteiger partial charge >= 0.3 is 12.1 Å². The maximum atomic E-state index is 17.8. The van der Waals surface area contributed by atoms with Crippen molar-refractivity contribution in [3.05, 3.63) is 47.2 Å². The van der Waals surface area contributed by atoms with E-state index in [0.717, 1.165) is 38.8 Å². The predicted octanol–water partition coefficient (Wildman–Crippen LogP) is 8.56. The van der Waals surface area contributed by atoms with E-state index >= 15 is 17.6 Å². The minimum Gasteiger partial charge on any atom is -0.468 e. The molecule has 5 aliphatic rings. The van der Waals surface area contributed by atoms with E-state index in [0.29, 0.717) is 51.1 Å². The molecule has 4 aromatic rings. The molecule has 9 rings (SSSR count). The first-order chi connectivity index (χ1) is 27.7. The van der Waals surface area contributed by atoms with E-state index in [-0.39, 0.29) is 73.0 Å². The van der Waals surface area contributed by atoms with Gasteiger partial charge in [-0.15, -0.1) is 0 Å². The van der Waals surface area contributed by atoms with Crippen molar-refractivity contribution in [1.29, 1.82) is 0 Å². The Morgan fingerprint density at radius 2 is 1.74 bits per heavy atom. The van der Waals surface area contributed by atoms with Crippen LogP contribution in [0.5, 0.6) is 11.8 Å². The Labute approximate surface area is 335 Å². The van der Waals surface area contributed by atoms with E-state index in [2.05, 4.69) is 4.90 Å². The van der Waals surface area contributed by atoms with Crippen LogP contribution < -0.4 is 14.4 Å². The third-order valence-corrected chi connectivity index (χ3v) is 12.9. The molecule has 0 N–H and O–H groups in total. The molecule has 4 fully saturated rings. The topological polar surface area (TPSA) is 102 Å². The van der Waals surface area contributed by atoms with Gasteiger partial charge in [0.25, 0.3) is 0 Å². The Morgan fingerprint density at radius 1 is 0.966 bits per heavy atom. The quantitative estimate of drug-likeness (QED) is 0.0978. The van der Waals surface area contributed by atoms with Crippen LogP contribution in [0.3, 0.4) is 0 Å². The standard InChI is InChI=1S/C43H50F4N6O5/c1-6-27-29(44)13-12-25-20-26(57-24-55-5)21-28(32(25)27)35-34(45)36-33-30(48-35)10-7-11-31-43(47)17-16-42(46,53(43)39(54)58-40(2,3)4)22-52(31)37(33)50-38(49-36)56-23-41-14-8-18-51(41)19-9-15-41/h12-13,20-21,31H,6-11,14-19,22-24H2,1-5H3/t31-,42-,43+/m1/s1. The zero-order chi connectivity index (χ0) is 40.8. The zero-order valence-corrected chi connectivity index (χ0v) is 33.7. The molecule has 0 radical (unpaired) electrons. The monoisotopic (exact) mass is 806 g/mol. The Balaban J connectivity index is 1.25. The summed E-state index contributed by atoms with van der Waals surface area (Å²) in [6, 6.07) is 5.22. The molecular weight excluding hydrogens is 757 g/mol. The van der Waals surface area contributed by atoms with E-state index in [1.807, 2.05) is 6.92 Å². The summed E-state index contributed by atoms with van der Waals surface area (Å²) in [5, 5.41) is 1.32. The van der Waals surface area contributed by atoms with Gasteiger partial charge in [-0.1, -0.05) is 13.0 Å². The highest BCUT2D eigenvalue weighted by atomic mass is 19.2. The number of alkyl halides is 2. The van der Waals surface area contributed by atoms with Gasteiger partial charge in [-0.05, 0) is 120 Å². The number of carbonyl (C=O) groups is 1. The first-order valence-electron chi connectivity index (χ1n) is 20.5. The lowest BCUT2D eigenvalue weighted by Gasteiger charge is -2.52. The van der Waals surface area contributed by atoms with Gasteiger partial charge in [-0.25, -0.2) is 32.2 Å². The molecule has 5 aliphatic heterocycles. The summed E-state index contributed by atoms with van der Waals surface area (Å²) < 4.78 is 91.3. The number of carbonyl (C=O) groups excluding carboxylic acids is 1. The van der Waals surface area contributed by atoms with Crippen molar-refractivity contribution >= 4 is 33.6 Å². The van der Waals surface area contributed by atoms with Crippen molar-refractivity contribution in [2.45, 2.75) is 121 Å². The van der Waals surface area contributed by atoms with Crippen molar-refractivity contribution in [3.8, 4) is 23.0 Å². The average Bonchev–Trinajstić information content (AvgIpc) is 3.82. The second-order valence-corrected chi connectivity index (χ2v) is 17.6. The average molecular weight is 807 g/mol. The molecule has 310 valence electrons.